The van der Waals surface area contributed by atoms with Gasteiger partial charge in [0, 0.05) is 12.1 Å². The van der Waals surface area contributed by atoms with E-state index in [-0.39, 0.29) is 16.8 Å². The van der Waals surface area contributed by atoms with Crippen LogP contribution in [-0.2, 0) is 0 Å². The Bertz CT molecular complexity index is 564. The van der Waals surface area contributed by atoms with Gasteiger partial charge in [-0.1, -0.05) is 0 Å². The van der Waals surface area contributed by atoms with Crippen molar-refractivity contribution >= 4 is 17.5 Å². The van der Waals surface area contributed by atoms with Crippen molar-refractivity contribution in [2.24, 2.45) is 0 Å². The molecule has 3 atom stereocenters. The summed E-state index contributed by atoms with van der Waals surface area (Å²) in [6.07, 6.45) is -1.86. The van der Waals surface area contributed by atoms with Crippen LogP contribution in [0.25, 0.3) is 0 Å². The normalized spacial score (nSPS) is 20.8. The second-order valence-corrected chi connectivity index (χ2v) is 6.38. The fraction of sp³-hybridized carbons (Fsp3) is 0.692. The molecule has 0 saturated heterocycles. The molecule has 2 rings (SSSR count). The number of aliphatic hydroxyl groups excluding tert-OH is 2. The van der Waals surface area contributed by atoms with Crippen LogP contribution in [0.3, 0.4) is 0 Å². The molecule has 0 bridgehead atoms. The van der Waals surface area contributed by atoms with Gasteiger partial charge in [0.15, 0.2) is 5.82 Å². The van der Waals surface area contributed by atoms with Crippen LogP contribution in [-0.4, -0.2) is 50.5 Å². The van der Waals surface area contributed by atoms with Crippen LogP contribution in [0.5, 0.6) is 0 Å². The van der Waals surface area contributed by atoms with Crippen molar-refractivity contribution in [3.05, 3.63) is 10.4 Å². The number of H-pyrrole nitrogens is 1. The van der Waals surface area contributed by atoms with E-state index in [0.29, 0.717) is 18.3 Å². The van der Waals surface area contributed by atoms with E-state index in [2.05, 4.69) is 25.9 Å². The average Bonchev–Trinajstić information content (AvgIpc) is 2.35. The van der Waals surface area contributed by atoms with E-state index >= 15 is 0 Å². The quantitative estimate of drug-likeness (QED) is 0.461. The van der Waals surface area contributed by atoms with Gasteiger partial charge in [-0.25, -0.2) is 0 Å². The Morgan fingerprint density at radius 2 is 2.05 bits per heavy atom. The van der Waals surface area contributed by atoms with E-state index in [0.717, 1.165) is 0 Å². The molecule has 0 aliphatic carbocycles. The van der Waals surface area contributed by atoms with Crippen LogP contribution < -0.4 is 21.5 Å². The highest BCUT2D eigenvalue weighted by atomic mass is 16.3. The van der Waals surface area contributed by atoms with Gasteiger partial charge in [0.25, 0.3) is 5.56 Å². The van der Waals surface area contributed by atoms with Gasteiger partial charge in [-0.2, -0.15) is 4.98 Å². The maximum absolute atomic E-state index is 12.1. The number of anilines is 3. The summed E-state index contributed by atoms with van der Waals surface area (Å²) in [7, 11) is 0. The number of aromatic nitrogens is 2. The van der Waals surface area contributed by atoms with Crippen LogP contribution >= 0.6 is 0 Å². The van der Waals surface area contributed by atoms with Gasteiger partial charge in [-0.15, -0.1) is 0 Å². The maximum Gasteiger partial charge on any atom is 0.277 e. The lowest BCUT2D eigenvalue weighted by atomic mass is 10.0. The van der Waals surface area contributed by atoms with Gasteiger partial charge >= 0.3 is 0 Å². The number of hydrogen-bond acceptors (Lipinski definition) is 7. The Hall–Kier alpha value is -1.80. The predicted molar refractivity (Wildman–Crippen MR) is 81.8 cm³/mol. The third-order valence-electron chi connectivity index (χ3n) is 3.14. The Morgan fingerprint density at radius 1 is 1.38 bits per heavy atom. The summed E-state index contributed by atoms with van der Waals surface area (Å²) in [6.45, 7) is 7.76. The van der Waals surface area contributed by atoms with Crippen LogP contribution in [0.4, 0.5) is 17.5 Å². The lowest BCUT2D eigenvalue weighted by Gasteiger charge is -2.32. The van der Waals surface area contributed by atoms with Crippen molar-refractivity contribution in [2.75, 3.05) is 22.5 Å². The lowest BCUT2D eigenvalue weighted by molar-refractivity contribution is 0.0214. The van der Waals surface area contributed by atoms with Crippen molar-refractivity contribution in [1.29, 1.82) is 0 Å². The average molecular weight is 297 g/mol. The van der Waals surface area contributed by atoms with E-state index < -0.39 is 18.2 Å². The van der Waals surface area contributed by atoms with E-state index in [9.17, 15) is 15.0 Å². The van der Waals surface area contributed by atoms with Crippen molar-refractivity contribution in [3.63, 3.8) is 0 Å². The zero-order valence-corrected chi connectivity index (χ0v) is 12.7. The van der Waals surface area contributed by atoms with Gasteiger partial charge in [0.1, 0.15) is 11.8 Å². The number of nitrogens with one attached hydrogen (secondary N) is 4. The zero-order chi connectivity index (χ0) is 15.8. The Morgan fingerprint density at radius 3 is 2.62 bits per heavy atom. The first-order valence-electron chi connectivity index (χ1n) is 6.96. The molecule has 118 valence electrons. The lowest BCUT2D eigenvalue weighted by Crippen LogP contribution is -2.48. The van der Waals surface area contributed by atoms with Crippen molar-refractivity contribution in [1.82, 2.24) is 9.97 Å². The van der Waals surface area contributed by atoms with E-state index in [1.54, 1.807) is 0 Å². The summed E-state index contributed by atoms with van der Waals surface area (Å²) >= 11 is 0. The van der Waals surface area contributed by atoms with Crippen LogP contribution in [0.1, 0.15) is 27.7 Å². The standard InChI is InChI=1S/C13H23N5O3/c1-6(19)9(20)7-5-14-10-8(15-7)11(21)17-12(16-10)18-13(2,3)4/h6-7,9,15,19-20H,5H2,1-4H3,(H3,14,16,17,18,21)/t6-,7+,9-/m0/s1. The SMILES string of the molecule is C[C@H](O)[C@H](O)[C@H]1CNc2nc(NC(C)(C)C)[nH]c(=O)c2N1. The number of hydrogen-bond donors (Lipinski definition) is 6. The molecule has 0 radical (unpaired) electrons. The second-order valence-electron chi connectivity index (χ2n) is 6.38. The van der Waals surface area contributed by atoms with Crippen LogP contribution in [0.15, 0.2) is 4.79 Å². The molecule has 1 aromatic rings. The van der Waals surface area contributed by atoms with E-state index in [1.165, 1.54) is 6.92 Å². The minimum absolute atomic E-state index is 0.225. The first-order valence-corrected chi connectivity index (χ1v) is 6.96. The maximum atomic E-state index is 12.1. The van der Waals surface area contributed by atoms with Gasteiger partial charge in [0.05, 0.1) is 12.1 Å². The molecule has 1 aliphatic heterocycles. The zero-order valence-electron chi connectivity index (χ0n) is 12.7. The molecule has 21 heavy (non-hydrogen) atoms. The Labute approximate surface area is 123 Å². The molecule has 1 aromatic heterocycles. The number of fused-ring (bicyclic) bond motifs is 1. The smallest absolute Gasteiger partial charge is 0.277 e. The Balaban J connectivity index is 2.25. The molecule has 0 aromatic carbocycles. The fourth-order valence-corrected chi connectivity index (χ4v) is 2.13. The predicted octanol–water partition coefficient (Wildman–Crippen LogP) is -0.0720. The monoisotopic (exact) mass is 297 g/mol. The summed E-state index contributed by atoms with van der Waals surface area (Å²) in [5, 5.41) is 28.4. The van der Waals surface area contributed by atoms with Crippen LogP contribution in [0, 0.1) is 0 Å². The molecule has 8 nitrogen and oxygen atoms in total. The number of rotatable bonds is 3. The molecular formula is C13H23N5O3. The topological polar surface area (TPSA) is 122 Å². The molecule has 2 heterocycles. The third-order valence-corrected chi connectivity index (χ3v) is 3.14. The third kappa shape index (κ3) is 3.64. The molecule has 6 N–H and O–H groups in total. The van der Waals surface area contributed by atoms with Gasteiger partial charge in [-0.3, -0.25) is 9.78 Å². The summed E-state index contributed by atoms with van der Waals surface area (Å²) in [5.41, 5.74) is -0.288. The summed E-state index contributed by atoms with van der Waals surface area (Å²) < 4.78 is 0. The molecule has 0 amide bonds. The first-order chi connectivity index (χ1) is 9.67. The molecule has 8 heteroatoms. The molecule has 0 unspecified atom stereocenters. The van der Waals surface area contributed by atoms with Crippen LogP contribution in [0.2, 0.25) is 0 Å². The highest BCUT2D eigenvalue weighted by Gasteiger charge is 2.29. The molecule has 0 fully saturated rings. The highest BCUT2D eigenvalue weighted by Crippen LogP contribution is 2.23. The van der Waals surface area contributed by atoms with Gasteiger partial charge in [-0.05, 0) is 27.7 Å². The van der Waals surface area contributed by atoms with Crippen molar-refractivity contribution < 1.29 is 10.2 Å². The summed E-state index contributed by atoms with van der Waals surface area (Å²) in [4.78, 5) is 19.1. The molecular weight excluding hydrogens is 274 g/mol. The van der Waals surface area contributed by atoms with Gasteiger partial charge in [0.2, 0.25) is 5.95 Å². The van der Waals surface area contributed by atoms with Gasteiger partial charge < -0.3 is 26.2 Å². The molecule has 0 spiro atoms. The highest BCUT2D eigenvalue weighted by molar-refractivity contribution is 5.67. The first kappa shape index (κ1) is 15.6. The number of aromatic amines is 1. The minimum Gasteiger partial charge on any atom is -0.391 e. The summed E-state index contributed by atoms with van der Waals surface area (Å²) in [6, 6.07) is -0.457. The van der Waals surface area contributed by atoms with Crippen molar-refractivity contribution in [3.8, 4) is 0 Å². The minimum atomic E-state index is -0.975. The fourth-order valence-electron chi connectivity index (χ4n) is 2.13. The molecule has 1 aliphatic rings. The second kappa shape index (κ2) is 5.53. The van der Waals surface area contributed by atoms with Crippen molar-refractivity contribution in [2.45, 2.75) is 51.5 Å². The van der Waals surface area contributed by atoms with E-state index in [1.807, 2.05) is 20.8 Å². The number of nitrogens with zero attached hydrogens (tertiary/aromatic N) is 1. The Kier molecular flexibility index (Phi) is 4.11. The largest absolute Gasteiger partial charge is 0.391 e. The number of aliphatic hydroxyl groups is 2. The molecule has 0 saturated carbocycles. The van der Waals surface area contributed by atoms with E-state index in [4.69, 9.17) is 0 Å². The summed E-state index contributed by atoms with van der Waals surface area (Å²) in [5.74, 6) is 0.814.